The number of rotatable bonds is 1. The zero-order valence-corrected chi connectivity index (χ0v) is 9.47. The minimum atomic E-state index is 0.148. The van der Waals surface area contributed by atoms with Crippen LogP contribution in [-0.4, -0.2) is 12.5 Å². The van der Waals surface area contributed by atoms with E-state index in [9.17, 15) is 4.79 Å². The van der Waals surface area contributed by atoms with Gasteiger partial charge in [0, 0.05) is 23.9 Å². The first-order chi connectivity index (χ1) is 7.18. The van der Waals surface area contributed by atoms with E-state index in [-0.39, 0.29) is 5.91 Å². The molecular weight excluding hydrogens is 210 g/mol. The van der Waals surface area contributed by atoms with Gasteiger partial charge in [-0.2, -0.15) is 0 Å². The zero-order valence-electron chi connectivity index (χ0n) is 8.72. The molecule has 1 aliphatic rings. The number of halogens is 1. The highest BCUT2D eigenvalue weighted by molar-refractivity contribution is 6.32. The molecule has 1 amide bonds. The highest BCUT2D eigenvalue weighted by atomic mass is 35.5. The Morgan fingerprint density at radius 1 is 1.47 bits per heavy atom. The fourth-order valence-electron chi connectivity index (χ4n) is 1.98. The van der Waals surface area contributed by atoms with Crippen molar-refractivity contribution in [2.24, 2.45) is 0 Å². The van der Waals surface area contributed by atoms with Crippen LogP contribution in [0.4, 0.5) is 0 Å². The lowest BCUT2D eigenvalue weighted by Gasteiger charge is -2.24. The van der Waals surface area contributed by atoms with Gasteiger partial charge >= 0.3 is 0 Å². The van der Waals surface area contributed by atoms with E-state index in [0.717, 1.165) is 22.6 Å². The number of hydrogen-bond acceptors (Lipinski definition) is 1. The lowest BCUT2D eigenvalue weighted by Crippen LogP contribution is -2.33. The van der Waals surface area contributed by atoms with E-state index < -0.39 is 0 Å². The Morgan fingerprint density at radius 2 is 2.27 bits per heavy atom. The second kappa shape index (κ2) is 4.23. The highest BCUT2D eigenvalue weighted by Crippen LogP contribution is 2.31. The van der Waals surface area contributed by atoms with Gasteiger partial charge in [-0.15, -0.1) is 0 Å². The molecule has 0 aliphatic carbocycles. The number of aryl methyl sites for hydroxylation is 1. The second-order valence-corrected chi connectivity index (χ2v) is 4.40. The highest BCUT2D eigenvalue weighted by Gasteiger charge is 2.21. The number of piperidine rings is 1. The van der Waals surface area contributed by atoms with Crippen molar-refractivity contribution in [2.45, 2.75) is 25.7 Å². The van der Waals surface area contributed by atoms with E-state index in [2.05, 4.69) is 11.4 Å². The van der Waals surface area contributed by atoms with Crippen LogP contribution in [0.2, 0.25) is 5.02 Å². The van der Waals surface area contributed by atoms with Gasteiger partial charge in [-0.25, -0.2) is 0 Å². The zero-order chi connectivity index (χ0) is 10.8. The van der Waals surface area contributed by atoms with Gasteiger partial charge in [0.05, 0.1) is 0 Å². The number of carbonyl (C=O) groups excluding carboxylic acids is 1. The van der Waals surface area contributed by atoms with E-state index in [4.69, 9.17) is 11.6 Å². The predicted molar refractivity (Wildman–Crippen MR) is 61.2 cm³/mol. The van der Waals surface area contributed by atoms with Crippen molar-refractivity contribution in [1.29, 1.82) is 0 Å². The average Bonchev–Trinajstić information content (AvgIpc) is 2.24. The maximum atomic E-state index is 11.0. The molecule has 1 heterocycles. The Balaban J connectivity index is 2.22. The molecule has 3 heteroatoms. The molecule has 1 saturated heterocycles. The first kappa shape index (κ1) is 10.5. The third-order valence-electron chi connectivity index (χ3n) is 2.93. The molecule has 1 aromatic carbocycles. The van der Waals surface area contributed by atoms with Gasteiger partial charge in [0.2, 0.25) is 5.91 Å². The van der Waals surface area contributed by atoms with E-state index in [1.165, 1.54) is 0 Å². The molecule has 1 atom stereocenters. The normalized spacial score (nSPS) is 21.2. The molecule has 80 valence electrons. The smallest absolute Gasteiger partial charge is 0.220 e. The predicted octanol–water partition coefficient (Wildman–Crippen LogP) is 2.64. The summed E-state index contributed by atoms with van der Waals surface area (Å²) in [6.07, 6.45) is 1.50. The molecule has 1 aromatic rings. The largest absolute Gasteiger partial charge is 0.355 e. The van der Waals surface area contributed by atoms with Gasteiger partial charge in [-0.05, 0) is 24.5 Å². The molecule has 0 aromatic heterocycles. The van der Waals surface area contributed by atoms with Crippen LogP contribution in [0.3, 0.4) is 0 Å². The summed E-state index contributed by atoms with van der Waals surface area (Å²) in [5.74, 6) is 0.519. The molecule has 1 aliphatic heterocycles. The molecule has 15 heavy (non-hydrogen) atoms. The van der Waals surface area contributed by atoms with E-state index in [1.807, 2.05) is 19.1 Å². The summed E-state index contributed by atoms with van der Waals surface area (Å²) in [5, 5.41) is 3.73. The minimum Gasteiger partial charge on any atom is -0.355 e. The van der Waals surface area contributed by atoms with Crippen molar-refractivity contribution in [3.8, 4) is 0 Å². The number of carbonyl (C=O) groups is 1. The van der Waals surface area contributed by atoms with Crippen molar-refractivity contribution in [3.05, 3.63) is 34.3 Å². The van der Waals surface area contributed by atoms with Crippen molar-refractivity contribution in [2.75, 3.05) is 6.54 Å². The number of amides is 1. The molecule has 0 saturated carbocycles. The molecule has 2 nitrogen and oxygen atoms in total. The third-order valence-corrected chi connectivity index (χ3v) is 3.44. The van der Waals surface area contributed by atoms with Gasteiger partial charge in [-0.1, -0.05) is 29.8 Å². The lowest BCUT2D eigenvalue weighted by molar-refractivity contribution is -0.122. The summed E-state index contributed by atoms with van der Waals surface area (Å²) in [5.41, 5.74) is 2.27. The Hall–Kier alpha value is -1.02. The Labute approximate surface area is 94.6 Å². The molecule has 0 spiro atoms. The number of hydrogen-bond donors (Lipinski definition) is 1. The Bertz CT molecular complexity index is 379. The van der Waals surface area contributed by atoms with Crippen LogP contribution in [-0.2, 0) is 4.79 Å². The van der Waals surface area contributed by atoms with Gasteiger partial charge in [-0.3, -0.25) is 4.79 Å². The topological polar surface area (TPSA) is 29.1 Å². The maximum absolute atomic E-state index is 11.0. The fraction of sp³-hybridized carbons (Fsp3) is 0.417. The van der Waals surface area contributed by atoms with Crippen LogP contribution in [0.5, 0.6) is 0 Å². The molecule has 1 unspecified atom stereocenters. The van der Waals surface area contributed by atoms with Crippen molar-refractivity contribution in [1.82, 2.24) is 5.32 Å². The van der Waals surface area contributed by atoms with Crippen molar-refractivity contribution >= 4 is 17.5 Å². The van der Waals surface area contributed by atoms with Crippen LogP contribution < -0.4 is 5.32 Å². The first-order valence-corrected chi connectivity index (χ1v) is 5.58. The summed E-state index contributed by atoms with van der Waals surface area (Å²) >= 11 is 6.25. The summed E-state index contributed by atoms with van der Waals surface area (Å²) in [7, 11) is 0. The van der Waals surface area contributed by atoms with Gasteiger partial charge in [0.1, 0.15) is 0 Å². The number of benzene rings is 1. The van der Waals surface area contributed by atoms with Crippen LogP contribution in [0.1, 0.15) is 29.9 Å². The summed E-state index contributed by atoms with van der Waals surface area (Å²) in [4.78, 5) is 11.0. The summed E-state index contributed by atoms with van der Waals surface area (Å²) in [6, 6.07) is 6.08. The Morgan fingerprint density at radius 3 is 2.93 bits per heavy atom. The van der Waals surface area contributed by atoms with Crippen LogP contribution in [0, 0.1) is 6.92 Å². The van der Waals surface area contributed by atoms with Crippen LogP contribution in [0.15, 0.2) is 18.2 Å². The minimum absolute atomic E-state index is 0.148. The molecule has 0 radical (unpaired) electrons. The van der Waals surface area contributed by atoms with E-state index in [1.54, 1.807) is 0 Å². The van der Waals surface area contributed by atoms with E-state index in [0.29, 0.717) is 18.9 Å². The summed E-state index contributed by atoms with van der Waals surface area (Å²) < 4.78 is 0. The lowest BCUT2D eigenvalue weighted by atomic mass is 9.90. The van der Waals surface area contributed by atoms with Crippen LogP contribution >= 0.6 is 11.6 Å². The average molecular weight is 224 g/mol. The van der Waals surface area contributed by atoms with Crippen LogP contribution in [0.25, 0.3) is 0 Å². The maximum Gasteiger partial charge on any atom is 0.220 e. The van der Waals surface area contributed by atoms with Crippen molar-refractivity contribution < 1.29 is 4.79 Å². The second-order valence-electron chi connectivity index (χ2n) is 4.02. The number of nitrogens with one attached hydrogen (secondary N) is 1. The fourth-order valence-corrected chi connectivity index (χ4v) is 2.26. The first-order valence-electron chi connectivity index (χ1n) is 5.20. The molecular formula is C12H14ClNO. The SMILES string of the molecule is Cc1cccc(C2CCC(=O)NC2)c1Cl. The van der Waals surface area contributed by atoms with Crippen molar-refractivity contribution in [3.63, 3.8) is 0 Å². The third kappa shape index (κ3) is 2.15. The van der Waals surface area contributed by atoms with Gasteiger partial charge in [0.15, 0.2) is 0 Å². The molecule has 1 fully saturated rings. The monoisotopic (exact) mass is 223 g/mol. The van der Waals surface area contributed by atoms with Gasteiger partial charge < -0.3 is 5.32 Å². The summed E-state index contributed by atoms with van der Waals surface area (Å²) in [6.45, 7) is 2.72. The molecule has 1 N–H and O–H groups in total. The molecule has 2 rings (SSSR count). The molecule has 0 bridgehead atoms. The standard InChI is InChI=1S/C12H14ClNO/c1-8-3-2-4-10(12(8)13)9-5-6-11(15)14-7-9/h2-4,9H,5-7H2,1H3,(H,14,15). The Kier molecular flexibility index (Phi) is 2.96. The van der Waals surface area contributed by atoms with E-state index >= 15 is 0 Å². The van der Waals surface area contributed by atoms with Gasteiger partial charge in [0.25, 0.3) is 0 Å². The quantitative estimate of drug-likeness (QED) is 0.779.